The van der Waals surface area contributed by atoms with Crippen molar-refractivity contribution in [2.24, 2.45) is 0 Å². The zero-order valence-electron chi connectivity index (χ0n) is 16.7. The Labute approximate surface area is 174 Å². The van der Waals surface area contributed by atoms with Crippen LogP contribution in [0, 0.1) is 6.92 Å². The van der Waals surface area contributed by atoms with Crippen molar-refractivity contribution in [3.05, 3.63) is 47.5 Å². The molecule has 1 aliphatic heterocycles. The molecule has 0 N–H and O–H groups in total. The summed E-state index contributed by atoms with van der Waals surface area (Å²) < 4.78 is 48.2. The van der Waals surface area contributed by atoms with E-state index < -0.39 is 28.5 Å². The van der Waals surface area contributed by atoms with Crippen LogP contribution < -0.4 is 13.8 Å². The number of anilines is 1. The van der Waals surface area contributed by atoms with Crippen molar-refractivity contribution >= 4 is 27.6 Å². The number of hydrogen-bond donors (Lipinski definition) is 0. The molecule has 0 fully saturated rings. The molecule has 0 aromatic heterocycles. The summed E-state index contributed by atoms with van der Waals surface area (Å²) in [7, 11) is -1.83. The van der Waals surface area contributed by atoms with Gasteiger partial charge in [0.25, 0.3) is 10.0 Å². The zero-order valence-corrected chi connectivity index (χ0v) is 17.5. The highest BCUT2D eigenvalue weighted by molar-refractivity contribution is 7.92. The van der Waals surface area contributed by atoms with Gasteiger partial charge in [0.1, 0.15) is 19.8 Å². The summed E-state index contributed by atoms with van der Waals surface area (Å²) in [6.07, 6.45) is 0. The van der Waals surface area contributed by atoms with Gasteiger partial charge < -0.3 is 18.9 Å². The number of fused-ring (bicyclic) bond motifs is 1. The molecule has 3 rings (SSSR count). The number of methoxy groups -OCH3 is 2. The number of carbonyl (C=O) groups excluding carboxylic acids is 2. The van der Waals surface area contributed by atoms with Crippen molar-refractivity contribution in [1.29, 1.82) is 0 Å². The highest BCUT2D eigenvalue weighted by Crippen LogP contribution is 2.35. The first-order chi connectivity index (χ1) is 14.3. The lowest BCUT2D eigenvalue weighted by Crippen LogP contribution is -2.37. The molecule has 1 aliphatic rings. The molecule has 0 atom stereocenters. The minimum atomic E-state index is -4.22. The van der Waals surface area contributed by atoms with E-state index >= 15 is 0 Å². The molecule has 30 heavy (non-hydrogen) atoms. The van der Waals surface area contributed by atoms with Crippen LogP contribution in [0.3, 0.4) is 0 Å². The Morgan fingerprint density at radius 3 is 2.40 bits per heavy atom. The normalized spacial score (nSPS) is 12.8. The number of benzene rings is 2. The maximum atomic E-state index is 13.5. The molecule has 0 bridgehead atoms. The fraction of sp³-hybridized carbons (Fsp3) is 0.300. The summed E-state index contributed by atoms with van der Waals surface area (Å²) >= 11 is 0. The Morgan fingerprint density at radius 1 is 1.03 bits per heavy atom. The first-order valence-electron chi connectivity index (χ1n) is 8.96. The predicted molar refractivity (Wildman–Crippen MR) is 106 cm³/mol. The Morgan fingerprint density at radius 2 is 1.73 bits per heavy atom. The van der Waals surface area contributed by atoms with E-state index in [1.54, 1.807) is 6.92 Å². The van der Waals surface area contributed by atoms with Gasteiger partial charge in [0, 0.05) is 6.07 Å². The molecular formula is C20H21NO8S. The van der Waals surface area contributed by atoms with Crippen molar-refractivity contribution in [2.45, 2.75) is 11.8 Å². The molecule has 9 nitrogen and oxygen atoms in total. The van der Waals surface area contributed by atoms with Gasteiger partial charge in [-0.25, -0.2) is 13.2 Å². The van der Waals surface area contributed by atoms with Crippen molar-refractivity contribution in [3.8, 4) is 11.5 Å². The van der Waals surface area contributed by atoms with Crippen LogP contribution in [0.2, 0.25) is 0 Å². The lowest BCUT2D eigenvalue weighted by atomic mass is 10.1. The molecule has 0 aliphatic carbocycles. The molecule has 2 aromatic rings. The van der Waals surface area contributed by atoms with Crippen LogP contribution in [0.15, 0.2) is 41.3 Å². The number of carbonyl (C=O) groups is 2. The molecule has 0 radical (unpaired) electrons. The SMILES string of the molecule is COC(=O)CN(c1cccc(C(=O)OC)c1C)S(=O)(=O)c1ccc2c(c1)OCCO2. The van der Waals surface area contributed by atoms with E-state index in [9.17, 15) is 18.0 Å². The first kappa shape index (κ1) is 21.4. The minimum absolute atomic E-state index is 0.0986. The Kier molecular flexibility index (Phi) is 6.16. The smallest absolute Gasteiger partial charge is 0.338 e. The first-order valence-corrected chi connectivity index (χ1v) is 10.4. The number of rotatable bonds is 6. The van der Waals surface area contributed by atoms with Crippen molar-refractivity contribution in [1.82, 2.24) is 0 Å². The van der Waals surface area contributed by atoms with E-state index in [2.05, 4.69) is 4.74 Å². The van der Waals surface area contributed by atoms with Crippen LogP contribution >= 0.6 is 0 Å². The van der Waals surface area contributed by atoms with Crippen LogP contribution in [0.25, 0.3) is 0 Å². The number of ether oxygens (including phenoxy) is 4. The zero-order chi connectivity index (χ0) is 21.9. The topological polar surface area (TPSA) is 108 Å². The quantitative estimate of drug-likeness (QED) is 0.633. The van der Waals surface area contributed by atoms with Gasteiger partial charge in [-0.2, -0.15) is 0 Å². The summed E-state index contributed by atoms with van der Waals surface area (Å²) in [4.78, 5) is 24.0. The fourth-order valence-electron chi connectivity index (χ4n) is 3.02. The van der Waals surface area contributed by atoms with Crippen molar-refractivity contribution in [2.75, 3.05) is 38.3 Å². The third-order valence-electron chi connectivity index (χ3n) is 4.58. The predicted octanol–water partition coefficient (Wildman–Crippen LogP) is 1.92. The van der Waals surface area contributed by atoms with Crippen LogP contribution in [-0.2, 0) is 24.3 Å². The van der Waals surface area contributed by atoms with E-state index in [1.807, 2.05) is 0 Å². The van der Waals surface area contributed by atoms with Gasteiger partial charge in [0.05, 0.1) is 30.4 Å². The van der Waals surface area contributed by atoms with E-state index in [-0.39, 0.29) is 16.1 Å². The van der Waals surface area contributed by atoms with E-state index in [1.165, 1.54) is 43.5 Å². The molecular weight excluding hydrogens is 414 g/mol. The lowest BCUT2D eigenvalue weighted by molar-refractivity contribution is -0.138. The van der Waals surface area contributed by atoms with Gasteiger partial charge in [-0.3, -0.25) is 9.10 Å². The third kappa shape index (κ3) is 4.04. The number of sulfonamides is 1. The summed E-state index contributed by atoms with van der Waals surface area (Å²) in [5, 5.41) is 0. The van der Waals surface area contributed by atoms with Gasteiger partial charge in [-0.05, 0) is 36.8 Å². The largest absolute Gasteiger partial charge is 0.486 e. The van der Waals surface area contributed by atoms with Crippen molar-refractivity contribution in [3.63, 3.8) is 0 Å². The monoisotopic (exact) mass is 435 g/mol. The average Bonchev–Trinajstić information content (AvgIpc) is 2.76. The van der Waals surface area contributed by atoms with E-state index in [4.69, 9.17) is 14.2 Å². The highest BCUT2D eigenvalue weighted by atomic mass is 32.2. The Bertz CT molecular complexity index is 1080. The Balaban J connectivity index is 2.12. The van der Waals surface area contributed by atoms with Gasteiger partial charge in [-0.1, -0.05) is 6.07 Å². The molecule has 10 heteroatoms. The standard InChI is InChI=1S/C20H21NO8S/c1-13-15(20(23)27-3)5-4-6-16(13)21(12-19(22)26-2)30(24,25)14-7-8-17-18(11-14)29-10-9-28-17/h4-8,11H,9-10,12H2,1-3H3. The van der Waals surface area contributed by atoms with Crippen LogP contribution in [0.4, 0.5) is 5.69 Å². The molecule has 0 spiro atoms. The molecule has 0 saturated carbocycles. The molecule has 160 valence electrons. The molecule has 1 heterocycles. The molecule has 0 saturated heterocycles. The number of esters is 2. The second kappa shape index (κ2) is 8.62. The van der Waals surface area contributed by atoms with E-state index in [0.29, 0.717) is 30.3 Å². The molecule has 2 aromatic carbocycles. The van der Waals surface area contributed by atoms with Gasteiger partial charge in [0.2, 0.25) is 0 Å². The summed E-state index contributed by atoms with van der Waals surface area (Å²) in [5.74, 6) is -0.660. The molecule has 0 amide bonds. The van der Waals surface area contributed by atoms with Gasteiger partial charge in [0.15, 0.2) is 11.5 Å². The molecule has 0 unspecified atom stereocenters. The second-order valence-electron chi connectivity index (χ2n) is 6.33. The third-order valence-corrected chi connectivity index (χ3v) is 6.34. The van der Waals surface area contributed by atoms with Gasteiger partial charge >= 0.3 is 11.9 Å². The van der Waals surface area contributed by atoms with Crippen LogP contribution in [0.1, 0.15) is 15.9 Å². The number of hydrogen-bond acceptors (Lipinski definition) is 8. The number of nitrogens with zero attached hydrogens (tertiary/aromatic N) is 1. The average molecular weight is 435 g/mol. The van der Waals surface area contributed by atoms with Crippen LogP contribution in [-0.4, -0.2) is 54.3 Å². The van der Waals surface area contributed by atoms with E-state index in [0.717, 1.165) is 11.4 Å². The second-order valence-corrected chi connectivity index (χ2v) is 8.20. The highest BCUT2D eigenvalue weighted by Gasteiger charge is 2.31. The summed E-state index contributed by atoms with van der Waals surface area (Å²) in [6, 6.07) is 8.73. The Hall–Kier alpha value is -3.27. The van der Waals surface area contributed by atoms with Gasteiger partial charge in [-0.15, -0.1) is 0 Å². The fourth-order valence-corrected chi connectivity index (χ4v) is 4.50. The maximum Gasteiger partial charge on any atom is 0.338 e. The lowest BCUT2D eigenvalue weighted by Gasteiger charge is -2.26. The van der Waals surface area contributed by atoms with Crippen molar-refractivity contribution < 1.29 is 37.0 Å². The summed E-state index contributed by atoms with van der Waals surface area (Å²) in [5.41, 5.74) is 0.676. The minimum Gasteiger partial charge on any atom is -0.486 e. The maximum absolute atomic E-state index is 13.5. The summed E-state index contributed by atoms with van der Waals surface area (Å²) in [6.45, 7) is 1.65. The van der Waals surface area contributed by atoms with Crippen LogP contribution in [0.5, 0.6) is 11.5 Å².